The minimum absolute atomic E-state index is 0.0388. The van der Waals surface area contributed by atoms with Crippen LogP contribution in [0.4, 0.5) is 5.82 Å². The van der Waals surface area contributed by atoms with Gasteiger partial charge in [0.2, 0.25) is 0 Å². The second-order valence-corrected chi connectivity index (χ2v) is 7.71. The van der Waals surface area contributed by atoms with E-state index in [9.17, 15) is 0 Å². The molecule has 0 amide bonds. The van der Waals surface area contributed by atoms with Gasteiger partial charge in [0, 0.05) is 30.7 Å². The first-order valence-corrected chi connectivity index (χ1v) is 9.75. The lowest BCUT2D eigenvalue weighted by Gasteiger charge is -2.39. The van der Waals surface area contributed by atoms with Crippen LogP contribution in [-0.2, 0) is 10.2 Å². The highest BCUT2D eigenvalue weighted by molar-refractivity contribution is 7.16. The average Bonchev–Trinajstić information content (AvgIpc) is 3.16. The molecule has 1 fully saturated rings. The van der Waals surface area contributed by atoms with Crippen LogP contribution in [0.15, 0.2) is 36.0 Å². The van der Waals surface area contributed by atoms with Crippen molar-refractivity contribution in [1.29, 1.82) is 0 Å². The molecular weight excluding hydrogens is 346 g/mol. The van der Waals surface area contributed by atoms with Crippen molar-refractivity contribution in [1.82, 2.24) is 9.97 Å². The molecule has 26 heavy (non-hydrogen) atoms. The SMILES string of the molecule is COc1ccc(C)cc1C1(CNc2ncnc3sccc23)CCOCC1. The predicted molar refractivity (Wildman–Crippen MR) is 105 cm³/mol. The van der Waals surface area contributed by atoms with Crippen LogP contribution in [0.1, 0.15) is 24.0 Å². The molecule has 2 aromatic heterocycles. The van der Waals surface area contributed by atoms with Gasteiger partial charge in [0.05, 0.1) is 12.5 Å². The summed E-state index contributed by atoms with van der Waals surface area (Å²) in [6, 6.07) is 8.50. The number of fused-ring (bicyclic) bond motifs is 1. The Morgan fingerprint density at radius 1 is 1.23 bits per heavy atom. The zero-order chi connectivity index (χ0) is 18.0. The van der Waals surface area contributed by atoms with Gasteiger partial charge in [-0.1, -0.05) is 17.7 Å². The lowest BCUT2D eigenvalue weighted by atomic mass is 9.73. The van der Waals surface area contributed by atoms with Crippen LogP contribution in [0.3, 0.4) is 0 Å². The van der Waals surface area contributed by atoms with Crippen LogP contribution in [-0.4, -0.2) is 36.8 Å². The maximum absolute atomic E-state index is 5.70. The summed E-state index contributed by atoms with van der Waals surface area (Å²) >= 11 is 1.64. The fourth-order valence-corrected chi connectivity index (χ4v) is 4.46. The van der Waals surface area contributed by atoms with E-state index in [1.54, 1.807) is 24.8 Å². The molecule has 1 aliphatic heterocycles. The van der Waals surface area contributed by atoms with Crippen LogP contribution in [0.5, 0.6) is 5.75 Å². The molecule has 0 saturated carbocycles. The van der Waals surface area contributed by atoms with Crippen molar-refractivity contribution < 1.29 is 9.47 Å². The number of aromatic nitrogens is 2. The topological polar surface area (TPSA) is 56.3 Å². The first kappa shape index (κ1) is 17.2. The minimum Gasteiger partial charge on any atom is -0.496 e. The first-order valence-electron chi connectivity index (χ1n) is 8.87. The van der Waals surface area contributed by atoms with Crippen molar-refractivity contribution in [2.45, 2.75) is 25.2 Å². The summed E-state index contributed by atoms with van der Waals surface area (Å²) in [4.78, 5) is 9.82. The van der Waals surface area contributed by atoms with Gasteiger partial charge in [-0.25, -0.2) is 9.97 Å². The summed E-state index contributed by atoms with van der Waals surface area (Å²) in [7, 11) is 1.74. The first-order chi connectivity index (χ1) is 12.7. The van der Waals surface area contributed by atoms with Crippen molar-refractivity contribution in [3.05, 3.63) is 47.1 Å². The van der Waals surface area contributed by atoms with Gasteiger partial charge < -0.3 is 14.8 Å². The van der Waals surface area contributed by atoms with Crippen molar-refractivity contribution >= 4 is 27.4 Å². The van der Waals surface area contributed by atoms with E-state index in [4.69, 9.17) is 9.47 Å². The third-order valence-electron chi connectivity index (χ3n) is 5.23. The monoisotopic (exact) mass is 369 g/mol. The zero-order valence-electron chi connectivity index (χ0n) is 15.1. The molecule has 1 aromatic carbocycles. The zero-order valence-corrected chi connectivity index (χ0v) is 15.9. The average molecular weight is 369 g/mol. The molecule has 0 unspecified atom stereocenters. The van der Waals surface area contributed by atoms with Gasteiger partial charge in [0.15, 0.2) is 0 Å². The summed E-state index contributed by atoms with van der Waals surface area (Å²) in [5, 5.41) is 6.73. The Morgan fingerprint density at radius 3 is 2.88 bits per heavy atom. The molecule has 3 aromatic rings. The molecule has 0 bridgehead atoms. The van der Waals surface area contributed by atoms with E-state index < -0.39 is 0 Å². The Bertz CT molecular complexity index is 903. The summed E-state index contributed by atoms with van der Waals surface area (Å²) in [6.45, 7) is 4.44. The maximum Gasteiger partial charge on any atom is 0.138 e. The van der Waals surface area contributed by atoms with Crippen molar-refractivity contribution in [2.75, 3.05) is 32.2 Å². The van der Waals surface area contributed by atoms with Gasteiger partial charge in [-0.2, -0.15) is 0 Å². The fraction of sp³-hybridized carbons (Fsp3) is 0.400. The van der Waals surface area contributed by atoms with Gasteiger partial charge in [0.25, 0.3) is 0 Å². The standard InChI is InChI=1S/C20H23N3O2S/c1-14-3-4-17(24-2)16(11-14)20(6-8-25-9-7-20)12-21-18-15-5-10-26-19(15)23-13-22-18/h3-5,10-11,13H,6-9,12H2,1-2H3,(H,21,22,23). The molecule has 0 aliphatic carbocycles. The van der Waals surface area contributed by atoms with Crippen molar-refractivity contribution in [2.24, 2.45) is 0 Å². The minimum atomic E-state index is -0.0388. The largest absolute Gasteiger partial charge is 0.496 e. The number of benzene rings is 1. The molecule has 6 heteroatoms. The summed E-state index contributed by atoms with van der Waals surface area (Å²) in [5.41, 5.74) is 2.46. The normalized spacial score (nSPS) is 16.5. The molecule has 3 heterocycles. The quantitative estimate of drug-likeness (QED) is 0.731. The number of nitrogens with one attached hydrogen (secondary N) is 1. The van der Waals surface area contributed by atoms with E-state index in [1.807, 2.05) is 0 Å². The molecular formula is C20H23N3O2S. The van der Waals surface area contributed by atoms with E-state index >= 15 is 0 Å². The highest BCUT2D eigenvalue weighted by Gasteiger charge is 2.37. The number of thiophene rings is 1. The molecule has 1 N–H and O–H groups in total. The van der Waals surface area contributed by atoms with Crippen molar-refractivity contribution in [3.63, 3.8) is 0 Å². The highest BCUT2D eigenvalue weighted by atomic mass is 32.1. The number of methoxy groups -OCH3 is 1. The lowest BCUT2D eigenvalue weighted by molar-refractivity contribution is 0.0535. The molecule has 0 spiro atoms. The molecule has 4 rings (SSSR count). The Morgan fingerprint density at radius 2 is 2.08 bits per heavy atom. The van der Waals surface area contributed by atoms with E-state index in [1.165, 1.54) is 11.1 Å². The summed E-state index contributed by atoms with van der Waals surface area (Å²) in [6.07, 6.45) is 3.54. The Kier molecular flexibility index (Phi) is 4.78. The van der Waals surface area contributed by atoms with Crippen molar-refractivity contribution in [3.8, 4) is 5.75 Å². The van der Waals surface area contributed by atoms with Gasteiger partial charge in [-0.05, 0) is 37.3 Å². The highest BCUT2D eigenvalue weighted by Crippen LogP contribution is 2.40. The van der Waals surface area contributed by atoms with Gasteiger partial charge in [0.1, 0.15) is 22.7 Å². The fourth-order valence-electron chi connectivity index (χ4n) is 3.72. The predicted octanol–water partition coefficient (Wildman–Crippen LogP) is 4.17. The van der Waals surface area contributed by atoms with Crippen LogP contribution in [0.2, 0.25) is 0 Å². The Hall–Kier alpha value is -2.18. The van der Waals surface area contributed by atoms with E-state index in [0.29, 0.717) is 0 Å². The molecule has 1 aliphatic rings. The Labute approximate surface area is 157 Å². The third-order valence-corrected chi connectivity index (χ3v) is 6.05. The van der Waals surface area contributed by atoms with Gasteiger partial charge >= 0.3 is 0 Å². The van der Waals surface area contributed by atoms with E-state index in [-0.39, 0.29) is 5.41 Å². The molecule has 0 radical (unpaired) electrons. The second kappa shape index (κ2) is 7.21. The maximum atomic E-state index is 5.70. The lowest BCUT2D eigenvalue weighted by Crippen LogP contribution is -2.40. The van der Waals surface area contributed by atoms with Crippen LogP contribution >= 0.6 is 11.3 Å². The molecule has 136 valence electrons. The number of hydrogen-bond donors (Lipinski definition) is 1. The van der Waals surface area contributed by atoms with Crippen LogP contribution in [0.25, 0.3) is 10.2 Å². The summed E-state index contributed by atoms with van der Waals surface area (Å²) < 4.78 is 11.4. The molecule has 0 atom stereocenters. The number of rotatable bonds is 5. The number of aryl methyl sites for hydroxylation is 1. The van der Waals surface area contributed by atoms with Gasteiger partial charge in [-0.3, -0.25) is 0 Å². The molecule has 5 nitrogen and oxygen atoms in total. The second-order valence-electron chi connectivity index (χ2n) is 6.81. The van der Waals surface area contributed by atoms with E-state index in [0.717, 1.165) is 54.4 Å². The van der Waals surface area contributed by atoms with Crippen LogP contribution in [0, 0.1) is 6.92 Å². The smallest absolute Gasteiger partial charge is 0.138 e. The number of nitrogens with zero attached hydrogens (tertiary/aromatic N) is 2. The van der Waals surface area contributed by atoms with E-state index in [2.05, 4.69) is 51.9 Å². The van der Waals surface area contributed by atoms with Gasteiger partial charge in [-0.15, -0.1) is 11.3 Å². The third kappa shape index (κ3) is 3.15. The Balaban J connectivity index is 1.69. The molecule has 1 saturated heterocycles. The number of ether oxygens (including phenoxy) is 2. The number of hydrogen-bond acceptors (Lipinski definition) is 6. The summed E-state index contributed by atoms with van der Waals surface area (Å²) in [5.74, 6) is 1.84. The van der Waals surface area contributed by atoms with Crippen LogP contribution < -0.4 is 10.1 Å². The number of anilines is 1.